The van der Waals surface area contributed by atoms with Crippen molar-refractivity contribution in [2.75, 3.05) is 13.2 Å². The Balaban J connectivity index is 2.15. The molecule has 0 aliphatic carbocycles. The van der Waals surface area contributed by atoms with Crippen LogP contribution in [0.4, 0.5) is 31.1 Å². The van der Waals surface area contributed by atoms with Crippen molar-refractivity contribution in [1.82, 2.24) is 0 Å². The monoisotopic (exact) mass is 422 g/mol. The summed E-state index contributed by atoms with van der Waals surface area (Å²) < 4.78 is 87.2. The molecule has 0 saturated heterocycles. The van der Waals surface area contributed by atoms with Crippen molar-refractivity contribution in [3.63, 3.8) is 0 Å². The van der Waals surface area contributed by atoms with E-state index in [2.05, 4.69) is 4.74 Å². The maximum atomic E-state index is 12.9. The fraction of sp³-hybridized carbons (Fsp3) is 0.316. The highest BCUT2D eigenvalue weighted by molar-refractivity contribution is 5.56. The number of hydrogen-bond donors (Lipinski definition) is 1. The number of alkyl halides is 6. The van der Waals surface area contributed by atoms with Gasteiger partial charge in [0.05, 0.1) is 24.3 Å². The predicted molar refractivity (Wildman–Crippen MR) is 89.3 cm³/mol. The first-order valence-electron chi connectivity index (χ1n) is 8.23. The first-order valence-corrected chi connectivity index (χ1v) is 8.23. The van der Waals surface area contributed by atoms with Gasteiger partial charge < -0.3 is 14.6 Å². The Hall–Kier alpha value is -2.75. The topological polar surface area (TPSA) is 55.8 Å². The zero-order valence-electron chi connectivity index (χ0n) is 14.8. The normalized spacial score (nSPS) is 13.2. The highest BCUT2D eigenvalue weighted by Gasteiger charge is 2.36. The third-order valence-electron chi connectivity index (χ3n) is 3.91. The summed E-state index contributed by atoms with van der Waals surface area (Å²) in [7, 11) is 0. The molecular weight excluding hydrogens is 406 g/mol. The van der Waals surface area contributed by atoms with E-state index in [1.54, 1.807) is 30.3 Å². The molecule has 2 aromatic rings. The lowest BCUT2D eigenvalue weighted by Crippen LogP contribution is -2.17. The second kappa shape index (κ2) is 9.17. The third kappa shape index (κ3) is 6.97. The maximum absolute atomic E-state index is 12.9. The first kappa shape index (κ1) is 22.5. The lowest BCUT2D eigenvalue weighted by Gasteiger charge is -2.18. The van der Waals surface area contributed by atoms with E-state index in [9.17, 15) is 31.1 Å². The molecule has 2 rings (SSSR count). The van der Waals surface area contributed by atoms with Gasteiger partial charge in [0.25, 0.3) is 0 Å². The Kier molecular flexibility index (Phi) is 7.12. The standard InChI is InChI=1S/C19H16F6O4/c20-18(21,22)15-6-12(7-16(8-15)19(23,24)25)9-28-10-14(11-29-17(26)27)13-4-2-1-3-5-13/h1-8,14H,9-11H2,(H,26,27). The minimum absolute atomic E-state index is 0.0387. The van der Waals surface area contributed by atoms with Crippen molar-refractivity contribution in [1.29, 1.82) is 0 Å². The van der Waals surface area contributed by atoms with Gasteiger partial charge in [-0.3, -0.25) is 0 Å². The highest BCUT2D eigenvalue weighted by atomic mass is 19.4. The number of carbonyl (C=O) groups is 1. The van der Waals surface area contributed by atoms with E-state index in [-0.39, 0.29) is 24.8 Å². The Morgan fingerprint density at radius 1 is 0.897 bits per heavy atom. The smallest absolute Gasteiger partial charge is 0.450 e. The van der Waals surface area contributed by atoms with Crippen LogP contribution in [0.3, 0.4) is 0 Å². The summed E-state index contributed by atoms with van der Waals surface area (Å²) >= 11 is 0. The number of rotatable bonds is 7. The van der Waals surface area contributed by atoms with Crippen LogP contribution in [-0.2, 0) is 28.4 Å². The van der Waals surface area contributed by atoms with Gasteiger partial charge in [-0.15, -0.1) is 0 Å². The second-order valence-corrected chi connectivity index (χ2v) is 6.11. The van der Waals surface area contributed by atoms with Crippen LogP contribution in [0.25, 0.3) is 0 Å². The van der Waals surface area contributed by atoms with Gasteiger partial charge in [-0.05, 0) is 29.3 Å². The summed E-state index contributed by atoms with van der Waals surface area (Å²) in [6, 6.07) is 9.65. The van der Waals surface area contributed by atoms with Gasteiger partial charge in [0, 0.05) is 5.92 Å². The van der Waals surface area contributed by atoms with Crippen LogP contribution in [0, 0.1) is 0 Å². The lowest BCUT2D eigenvalue weighted by molar-refractivity contribution is -0.143. The van der Waals surface area contributed by atoms with Crippen LogP contribution in [0.5, 0.6) is 0 Å². The van der Waals surface area contributed by atoms with E-state index >= 15 is 0 Å². The zero-order valence-corrected chi connectivity index (χ0v) is 14.8. The van der Waals surface area contributed by atoms with Crippen molar-refractivity contribution in [3.05, 3.63) is 70.8 Å². The van der Waals surface area contributed by atoms with Crippen LogP contribution in [0.15, 0.2) is 48.5 Å². The Morgan fingerprint density at radius 2 is 1.45 bits per heavy atom. The van der Waals surface area contributed by atoms with Crippen molar-refractivity contribution in [2.45, 2.75) is 24.9 Å². The molecule has 1 unspecified atom stereocenters. The zero-order chi connectivity index (χ0) is 21.7. The summed E-state index contributed by atoms with van der Waals surface area (Å²) in [6.07, 6.45) is -11.4. The quantitative estimate of drug-likeness (QED) is 0.458. The van der Waals surface area contributed by atoms with E-state index in [0.717, 1.165) is 0 Å². The molecule has 0 fully saturated rings. The molecule has 2 aromatic carbocycles. The van der Waals surface area contributed by atoms with Gasteiger partial charge in [-0.2, -0.15) is 26.3 Å². The molecule has 0 spiro atoms. The van der Waals surface area contributed by atoms with E-state index in [4.69, 9.17) is 9.84 Å². The third-order valence-corrected chi connectivity index (χ3v) is 3.91. The number of carboxylic acid groups (broad SMARTS) is 1. The van der Waals surface area contributed by atoms with Gasteiger partial charge in [-0.1, -0.05) is 30.3 Å². The number of ether oxygens (including phenoxy) is 2. The van der Waals surface area contributed by atoms with E-state index in [0.29, 0.717) is 17.7 Å². The number of halogens is 6. The predicted octanol–water partition coefficient (Wildman–Crippen LogP) is 5.72. The minimum Gasteiger partial charge on any atom is -0.450 e. The molecule has 1 atom stereocenters. The Bertz CT molecular complexity index is 785. The number of benzene rings is 2. The SMILES string of the molecule is O=C(O)OCC(COCc1cc(C(F)(F)F)cc(C(F)(F)F)c1)c1ccccc1. The summed E-state index contributed by atoms with van der Waals surface area (Å²) in [6.45, 7) is -0.978. The van der Waals surface area contributed by atoms with Crippen LogP contribution in [0.1, 0.15) is 28.2 Å². The largest absolute Gasteiger partial charge is 0.505 e. The summed E-state index contributed by atoms with van der Waals surface area (Å²) in [5, 5.41) is 8.65. The molecule has 0 saturated carbocycles. The summed E-state index contributed by atoms with van der Waals surface area (Å²) in [5.74, 6) is -0.583. The van der Waals surface area contributed by atoms with Gasteiger partial charge in [-0.25, -0.2) is 4.79 Å². The average Bonchev–Trinajstić information content (AvgIpc) is 2.63. The van der Waals surface area contributed by atoms with Crippen LogP contribution in [0.2, 0.25) is 0 Å². The minimum atomic E-state index is -4.95. The molecule has 4 nitrogen and oxygen atoms in total. The molecule has 0 aliphatic rings. The molecule has 0 aliphatic heterocycles. The van der Waals surface area contributed by atoms with Gasteiger partial charge in [0.1, 0.15) is 6.61 Å². The molecule has 1 N–H and O–H groups in total. The Morgan fingerprint density at radius 3 is 1.93 bits per heavy atom. The number of hydrogen-bond acceptors (Lipinski definition) is 3. The van der Waals surface area contributed by atoms with Crippen LogP contribution >= 0.6 is 0 Å². The van der Waals surface area contributed by atoms with Gasteiger partial charge in [0.15, 0.2) is 0 Å². The molecular formula is C19H16F6O4. The van der Waals surface area contributed by atoms with Crippen molar-refractivity contribution >= 4 is 6.16 Å². The fourth-order valence-corrected chi connectivity index (χ4v) is 2.56. The molecule has 0 aromatic heterocycles. The molecule has 0 bridgehead atoms. The second-order valence-electron chi connectivity index (χ2n) is 6.11. The molecule has 0 amide bonds. The summed E-state index contributed by atoms with van der Waals surface area (Å²) in [4.78, 5) is 10.6. The van der Waals surface area contributed by atoms with Crippen molar-refractivity contribution < 1.29 is 45.7 Å². The fourth-order valence-electron chi connectivity index (χ4n) is 2.56. The van der Waals surface area contributed by atoms with Crippen molar-refractivity contribution in [3.8, 4) is 0 Å². The average molecular weight is 422 g/mol. The molecule has 0 heterocycles. The first-order chi connectivity index (χ1) is 13.5. The van der Waals surface area contributed by atoms with E-state index in [1.807, 2.05) is 0 Å². The van der Waals surface area contributed by atoms with Crippen LogP contribution in [-0.4, -0.2) is 24.5 Å². The van der Waals surface area contributed by atoms with E-state index in [1.165, 1.54) is 0 Å². The van der Waals surface area contributed by atoms with Gasteiger partial charge in [0.2, 0.25) is 0 Å². The lowest BCUT2D eigenvalue weighted by atomic mass is 10.0. The molecule has 158 valence electrons. The van der Waals surface area contributed by atoms with Crippen LogP contribution < -0.4 is 0 Å². The van der Waals surface area contributed by atoms with Gasteiger partial charge >= 0.3 is 18.5 Å². The highest BCUT2D eigenvalue weighted by Crippen LogP contribution is 2.36. The molecule has 0 radical (unpaired) electrons. The molecule has 29 heavy (non-hydrogen) atoms. The maximum Gasteiger partial charge on any atom is 0.505 e. The summed E-state index contributed by atoms with van der Waals surface area (Å²) in [5.41, 5.74) is -2.52. The van der Waals surface area contributed by atoms with Crippen molar-refractivity contribution in [2.24, 2.45) is 0 Å². The van der Waals surface area contributed by atoms with E-state index < -0.39 is 42.2 Å². The Labute approximate surface area is 161 Å². The molecule has 10 heteroatoms.